The minimum absolute atomic E-state index is 0.623. The SMILES string of the molecule is Cc1c(C)c(C=O)c2c(c1C)C(C)CC2. The first-order valence-corrected chi connectivity index (χ1v) is 5.65. The molecule has 1 nitrogen and oxygen atoms in total. The van der Waals surface area contributed by atoms with E-state index in [1.54, 1.807) is 0 Å². The van der Waals surface area contributed by atoms with Gasteiger partial charge in [0, 0.05) is 5.56 Å². The molecule has 0 fully saturated rings. The van der Waals surface area contributed by atoms with Gasteiger partial charge in [-0.3, -0.25) is 4.79 Å². The molecule has 0 saturated heterocycles. The van der Waals surface area contributed by atoms with Crippen LogP contribution in [-0.4, -0.2) is 6.29 Å². The summed E-state index contributed by atoms with van der Waals surface area (Å²) >= 11 is 0. The maximum absolute atomic E-state index is 11.2. The molecule has 0 aromatic heterocycles. The molecule has 0 amide bonds. The van der Waals surface area contributed by atoms with Crippen molar-refractivity contribution in [1.29, 1.82) is 0 Å². The summed E-state index contributed by atoms with van der Waals surface area (Å²) in [4.78, 5) is 11.2. The van der Waals surface area contributed by atoms with Crippen LogP contribution in [0.4, 0.5) is 0 Å². The number of aldehydes is 1. The summed E-state index contributed by atoms with van der Waals surface area (Å²) < 4.78 is 0. The molecule has 1 aromatic carbocycles. The number of hydrogen-bond acceptors (Lipinski definition) is 1. The molecule has 1 unspecified atom stereocenters. The van der Waals surface area contributed by atoms with Crippen LogP contribution in [0.5, 0.6) is 0 Å². The van der Waals surface area contributed by atoms with Gasteiger partial charge in [-0.05, 0) is 67.3 Å². The number of rotatable bonds is 1. The molecular formula is C14H18O. The molecule has 0 heterocycles. The first-order chi connectivity index (χ1) is 7.07. The smallest absolute Gasteiger partial charge is 0.150 e. The number of carbonyl (C=O) groups excluding carboxylic acids is 1. The molecule has 1 atom stereocenters. The summed E-state index contributed by atoms with van der Waals surface area (Å²) in [6, 6.07) is 0. The lowest BCUT2D eigenvalue weighted by atomic mass is 9.88. The average molecular weight is 202 g/mol. The monoisotopic (exact) mass is 202 g/mol. The van der Waals surface area contributed by atoms with E-state index < -0.39 is 0 Å². The van der Waals surface area contributed by atoms with Crippen LogP contribution in [-0.2, 0) is 6.42 Å². The third-order valence-corrected chi connectivity index (χ3v) is 4.02. The highest BCUT2D eigenvalue weighted by molar-refractivity contribution is 5.82. The second-order valence-corrected chi connectivity index (χ2v) is 4.74. The molecule has 0 N–H and O–H groups in total. The Morgan fingerprint density at radius 3 is 2.40 bits per heavy atom. The summed E-state index contributed by atoms with van der Waals surface area (Å²) in [6.07, 6.45) is 3.31. The van der Waals surface area contributed by atoms with Crippen molar-refractivity contribution in [1.82, 2.24) is 0 Å². The van der Waals surface area contributed by atoms with E-state index in [0.29, 0.717) is 5.92 Å². The third kappa shape index (κ3) is 1.33. The second kappa shape index (κ2) is 3.48. The van der Waals surface area contributed by atoms with Gasteiger partial charge in [0.1, 0.15) is 0 Å². The molecule has 0 spiro atoms. The number of hydrogen-bond donors (Lipinski definition) is 0. The Morgan fingerprint density at radius 1 is 1.13 bits per heavy atom. The Kier molecular flexibility index (Phi) is 2.41. The van der Waals surface area contributed by atoms with Crippen molar-refractivity contribution in [3.8, 4) is 0 Å². The normalized spacial score (nSPS) is 19.1. The van der Waals surface area contributed by atoms with Crippen molar-refractivity contribution in [2.75, 3.05) is 0 Å². The van der Waals surface area contributed by atoms with Crippen LogP contribution >= 0.6 is 0 Å². The van der Waals surface area contributed by atoms with Crippen molar-refractivity contribution in [3.63, 3.8) is 0 Å². The van der Waals surface area contributed by atoms with Gasteiger partial charge < -0.3 is 0 Å². The molecule has 1 aromatic rings. The van der Waals surface area contributed by atoms with E-state index in [1.807, 2.05) is 0 Å². The van der Waals surface area contributed by atoms with E-state index in [1.165, 1.54) is 34.2 Å². The predicted molar refractivity (Wildman–Crippen MR) is 62.8 cm³/mol. The van der Waals surface area contributed by atoms with Crippen LogP contribution in [0.2, 0.25) is 0 Å². The second-order valence-electron chi connectivity index (χ2n) is 4.74. The Balaban J connectivity index is 2.81. The quantitative estimate of drug-likeness (QED) is 0.637. The fourth-order valence-corrected chi connectivity index (χ4v) is 2.88. The molecule has 15 heavy (non-hydrogen) atoms. The molecule has 1 aliphatic carbocycles. The van der Waals surface area contributed by atoms with Gasteiger partial charge in [-0.2, -0.15) is 0 Å². The van der Waals surface area contributed by atoms with Gasteiger partial charge >= 0.3 is 0 Å². The van der Waals surface area contributed by atoms with E-state index in [0.717, 1.165) is 18.3 Å². The molecule has 1 heteroatoms. The zero-order chi connectivity index (χ0) is 11.2. The zero-order valence-electron chi connectivity index (χ0n) is 9.98. The lowest BCUT2D eigenvalue weighted by Crippen LogP contribution is -2.03. The molecular weight excluding hydrogens is 184 g/mol. The van der Waals surface area contributed by atoms with E-state index in [4.69, 9.17) is 0 Å². The van der Waals surface area contributed by atoms with Crippen LogP contribution in [0.25, 0.3) is 0 Å². The Hall–Kier alpha value is -1.11. The van der Waals surface area contributed by atoms with Crippen molar-refractivity contribution in [2.45, 2.75) is 46.5 Å². The molecule has 1 aliphatic rings. The topological polar surface area (TPSA) is 17.1 Å². The van der Waals surface area contributed by atoms with Crippen LogP contribution in [0.15, 0.2) is 0 Å². The van der Waals surface area contributed by atoms with Crippen molar-refractivity contribution < 1.29 is 4.79 Å². The lowest BCUT2D eigenvalue weighted by molar-refractivity contribution is 0.112. The van der Waals surface area contributed by atoms with E-state index in [2.05, 4.69) is 27.7 Å². The third-order valence-electron chi connectivity index (χ3n) is 4.02. The van der Waals surface area contributed by atoms with Gasteiger partial charge in [-0.1, -0.05) is 6.92 Å². The summed E-state index contributed by atoms with van der Waals surface area (Å²) in [5.74, 6) is 0.623. The van der Waals surface area contributed by atoms with Gasteiger partial charge in [0.25, 0.3) is 0 Å². The minimum Gasteiger partial charge on any atom is -0.298 e. The largest absolute Gasteiger partial charge is 0.298 e. The lowest BCUT2D eigenvalue weighted by Gasteiger charge is -2.16. The van der Waals surface area contributed by atoms with Gasteiger partial charge in [-0.25, -0.2) is 0 Å². The summed E-state index contributed by atoms with van der Waals surface area (Å²) in [5, 5.41) is 0. The fourth-order valence-electron chi connectivity index (χ4n) is 2.88. The molecule has 0 radical (unpaired) electrons. The maximum atomic E-state index is 11.2. The minimum atomic E-state index is 0.623. The van der Waals surface area contributed by atoms with Gasteiger partial charge in [0.05, 0.1) is 0 Å². The standard InChI is InChI=1S/C14H18O/c1-8-5-6-12-13(7-15)10(3)9(2)11(4)14(8)12/h7-8H,5-6H2,1-4H3. The predicted octanol–water partition coefficient (Wildman–Crippen LogP) is 3.47. The van der Waals surface area contributed by atoms with Crippen LogP contribution < -0.4 is 0 Å². The Morgan fingerprint density at radius 2 is 1.80 bits per heavy atom. The van der Waals surface area contributed by atoms with Gasteiger partial charge in [0.15, 0.2) is 6.29 Å². The Bertz CT molecular complexity index is 430. The van der Waals surface area contributed by atoms with Crippen molar-refractivity contribution in [3.05, 3.63) is 33.4 Å². The summed E-state index contributed by atoms with van der Waals surface area (Å²) in [6.45, 7) is 8.65. The molecule has 0 saturated carbocycles. The number of benzene rings is 1. The molecule has 0 bridgehead atoms. The number of fused-ring (bicyclic) bond motifs is 1. The van der Waals surface area contributed by atoms with Crippen LogP contribution in [0.1, 0.15) is 57.4 Å². The highest BCUT2D eigenvalue weighted by Crippen LogP contribution is 2.39. The summed E-state index contributed by atoms with van der Waals surface area (Å²) in [5.41, 5.74) is 7.59. The number of carbonyl (C=O) groups is 1. The molecule has 2 rings (SSSR count). The maximum Gasteiger partial charge on any atom is 0.150 e. The van der Waals surface area contributed by atoms with Crippen LogP contribution in [0.3, 0.4) is 0 Å². The van der Waals surface area contributed by atoms with E-state index in [9.17, 15) is 4.79 Å². The fraction of sp³-hybridized carbons (Fsp3) is 0.500. The highest BCUT2D eigenvalue weighted by Gasteiger charge is 2.25. The first-order valence-electron chi connectivity index (χ1n) is 5.65. The van der Waals surface area contributed by atoms with Crippen molar-refractivity contribution >= 4 is 6.29 Å². The first kappa shape index (κ1) is 10.4. The van der Waals surface area contributed by atoms with E-state index >= 15 is 0 Å². The Labute approximate surface area is 91.5 Å². The average Bonchev–Trinajstić information content (AvgIpc) is 2.58. The van der Waals surface area contributed by atoms with Gasteiger partial charge in [0.2, 0.25) is 0 Å². The van der Waals surface area contributed by atoms with E-state index in [-0.39, 0.29) is 0 Å². The van der Waals surface area contributed by atoms with Crippen LogP contribution in [0, 0.1) is 20.8 Å². The van der Waals surface area contributed by atoms with Gasteiger partial charge in [-0.15, -0.1) is 0 Å². The summed E-state index contributed by atoms with van der Waals surface area (Å²) in [7, 11) is 0. The zero-order valence-corrected chi connectivity index (χ0v) is 9.98. The molecule has 0 aliphatic heterocycles. The van der Waals surface area contributed by atoms with Crippen molar-refractivity contribution in [2.24, 2.45) is 0 Å². The molecule has 80 valence electrons. The highest BCUT2D eigenvalue weighted by atomic mass is 16.1.